The van der Waals surface area contributed by atoms with Crippen molar-refractivity contribution in [3.05, 3.63) is 35.4 Å². The van der Waals surface area contributed by atoms with Crippen molar-refractivity contribution in [2.45, 2.75) is 38.6 Å². The van der Waals surface area contributed by atoms with Gasteiger partial charge in [-0.1, -0.05) is 31.2 Å². The van der Waals surface area contributed by atoms with Crippen molar-refractivity contribution in [1.29, 1.82) is 0 Å². The minimum absolute atomic E-state index is 0.634. The Bertz CT molecular complexity index is 337. The van der Waals surface area contributed by atoms with Crippen molar-refractivity contribution in [1.82, 2.24) is 5.32 Å². The Labute approximate surface area is 104 Å². The average Bonchev–Trinajstić information content (AvgIpc) is 2.38. The van der Waals surface area contributed by atoms with Crippen LogP contribution in [0.4, 0.5) is 0 Å². The molecule has 0 radical (unpaired) electrons. The predicted octanol–water partition coefficient (Wildman–Crippen LogP) is 2.56. The lowest BCUT2D eigenvalue weighted by atomic mass is 9.88. The molecule has 0 aromatic heterocycles. The van der Waals surface area contributed by atoms with Gasteiger partial charge < -0.3 is 10.1 Å². The molecule has 1 aromatic carbocycles. The molecular weight excluding hydrogens is 210 g/mol. The first-order chi connectivity index (χ1) is 8.40. The molecule has 1 N–H and O–H groups in total. The van der Waals surface area contributed by atoms with Crippen molar-refractivity contribution < 1.29 is 4.74 Å². The van der Waals surface area contributed by atoms with Gasteiger partial charge in [-0.15, -0.1) is 0 Å². The zero-order valence-corrected chi connectivity index (χ0v) is 10.7. The van der Waals surface area contributed by atoms with E-state index in [4.69, 9.17) is 4.74 Å². The second-order valence-corrected chi connectivity index (χ2v) is 4.77. The van der Waals surface area contributed by atoms with E-state index in [1.807, 2.05) is 0 Å². The first-order valence-corrected chi connectivity index (χ1v) is 6.78. The smallest absolute Gasteiger partial charge is 0.0590 e. The molecule has 2 nitrogen and oxygen atoms in total. The number of benzene rings is 1. The van der Waals surface area contributed by atoms with Gasteiger partial charge in [0.25, 0.3) is 0 Å². The number of hydrogen-bond donors (Lipinski definition) is 1. The second kappa shape index (κ2) is 6.77. The number of ether oxygens (including phenoxy) is 1. The Morgan fingerprint density at radius 1 is 1.24 bits per heavy atom. The molecule has 0 saturated carbocycles. The molecular formula is C15H23NO. The van der Waals surface area contributed by atoms with Gasteiger partial charge in [0.05, 0.1) is 6.61 Å². The van der Waals surface area contributed by atoms with Crippen LogP contribution in [0.3, 0.4) is 0 Å². The number of rotatable bonds is 6. The summed E-state index contributed by atoms with van der Waals surface area (Å²) < 4.78 is 5.48. The van der Waals surface area contributed by atoms with Gasteiger partial charge in [0.1, 0.15) is 0 Å². The molecule has 1 atom stereocenters. The third-order valence-corrected chi connectivity index (χ3v) is 3.37. The highest BCUT2D eigenvalue weighted by Crippen LogP contribution is 2.20. The third kappa shape index (κ3) is 3.83. The van der Waals surface area contributed by atoms with Crippen LogP contribution in [-0.4, -0.2) is 25.8 Å². The maximum absolute atomic E-state index is 5.48. The van der Waals surface area contributed by atoms with E-state index in [0.717, 1.165) is 26.2 Å². The number of hydrogen-bond acceptors (Lipinski definition) is 2. The van der Waals surface area contributed by atoms with E-state index in [-0.39, 0.29) is 0 Å². The minimum atomic E-state index is 0.634. The van der Waals surface area contributed by atoms with Crippen LogP contribution in [0.1, 0.15) is 30.9 Å². The topological polar surface area (TPSA) is 21.3 Å². The summed E-state index contributed by atoms with van der Waals surface area (Å²) >= 11 is 0. The maximum Gasteiger partial charge on any atom is 0.0590 e. The number of nitrogens with one attached hydrogen (secondary N) is 1. The molecule has 1 aliphatic carbocycles. The summed E-state index contributed by atoms with van der Waals surface area (Å²) in [5.41, 5.74) is 3.05. The van der Waals surface area contributed by atoms with Crippen molar-refractivity contribution in [3.8, 4) is 0 Å². The van der Waals surface area contributed by atoms with Crippen LogP contribution in [0, 0.1) is 0 Å². The van der Waals surface area contributed by atoms with Crippen LogP contribution >= 0.6 is 0 Å². The first kappa shape index (κ1) is 12.6. The quantitative estimate of drug-likeness (QED) is 0.762. The third-order valence-electron chi connectivity index (χ3n) is 3.37. The molecule has 1 aromatic rings. The molecule has 0 heterocycles. The van der Waals surface area contributed by atoms with E-state index in [1.54, 1.807) is 0 Å². The van der Waals surface area contributed by atoms with Crippen molar-refractivity contribution in [2.24, 2.45) is 0 Å². The molecule has 2 heteroatoms. The van der Waals surface area contributed by atoms with Gasteiger partial charge in [0, 0.05) is 19.2 Å². The summed E-state index contributed by atoms with van der Waals surface area (Å²) in [6.45, 7) is 4.85. The summed E-state index contributed by atoms with van der Waals surface area (Å²) in [5.74, 6) is 0. The number of aryl methyl sites for hydroxylation is 1. The highest BCUT2D eigenvalue weighted by molar-refractivity contribution is 5.30. The predicted molar refractivity (Wildman–Crippen MR) is 71.4 cm³/mol. The van der Waals surface area contributed by atoms with Gasteiger partial charge in [0.15, 0.2) is 0 Å². The Balaban J connectivity index is 1.71. The molecule has 2 rings (SSSR count). The van der Waals surface area contributed by atoms with E-state index < -0.39 is 0 Å². The van der Waals surface area contributed by atoms with Crippen LogP contribution < -0.4 is 5.32 Å². The van der Waals surface area contributed by atoms with Crippen LogP contribution in [0.2, 0.25) is 0 Å². The van der Waals surface area contributed by atoms with Crippen molar-refractivity contribution in [2.75, 3.05) is 19.8 Å². The minimum Gasteiger partial charge on any atom is -0.380 e. The standard InChI is InChI=1S/C15H23NO/c1-2-10-17-11-9-16-15-8-7-13-5-3-4-6-14(13)12-15/h3-6,15-16H,2,7-12H2,1H3. The first-order valence-electron chi connectivity index (χ1n) is 6.78. The molecule has 0 fully saturated rings. The monoisotopic (exact) mass is 233 g/mol. The lowest BCUT2D eigenvalue weighted by Crippen LogP contribution is -2.36. The lowest BCUT2D eigenvalue weighted by molar-refractivity contribution is 0.134. The van der Waals surface area contributed by atoms with Gasteiger partial charge in [-0.05, 0) is 36.8 Å². The van der Waals surface area contributed by atoms with E-state index >= 15 is 0 Å². The normalized spacial score (nSPS) is 19.0. The number of fused-ring (bicyclic) bond motifs is 1. The van der Waals surface area contributed by atoms with E-state index in [0.29, 0.717) is 6.04 Å². The Morgan fingerprint density at radius 3 is 2.88 bits per heavy atom. The SMILES string of the molecule is CCCOCCNC1CCc2ccccc2C1. The highest BCUT2D eigenvalue weighted by Gasteiger charge is 2.16. The fourth-order valence-corrected chi connectivity index (χ4v) is 2.45. The molecule has 0 amide bonds. The molecule has 1 unspecified atom stereocenters. The summed E-state index contributed by atoms with van der Waals surface area (Å²) in [6.07, 6.45) is 4.75. The summed E-state index contributed by atoms with van der Waals surface area (Å²) in [5, 5.41) is 3.60. The van der Waals surface area contributed by atoms with Gasteiger partial charge >= 0.3 is 0 Å². The van der Waals surface area contributed by atoms with Gasteiger partial charge in [-0.2, -0.15) is 0 Å². The van der Waals surface area contributed by atoms with Crippen LogP contribution in [0.15, 0.2) is 24.3 Å². The molecule has 0 spiro atoms. The molecule has 0 aliphatic heterocycles. The summed E-state index contributed by atoms with van der Waals surface area (Å²) in [6, 6.07) is 9.44. The Kier molecular flexibility index (Phi) is 5.02. The molecule has 17 heavy (non-hydrogen) atoms. The zero-order chi connectivity index (χ0) is 11.9. The molecule has 94 valence electrons. The van der Waals surface area contributed by atoms with E-state index in [9.17, 15) is 0 Å². The average molecular weight is 233 g/mol. The summed E-state index contributed by atoms with van der Waals surface area (Å²) in [7, 11) is 0. The van der Waals surface area contributed by atoms with E-state index in [2.05, 4.69) is 36.5 Å². The Hall–Kier alpha value is -0.860. The van der Waals surface area contributed by atoms with E-state index in [1.165, 1.54) is 30.4 Å². The van der Waals surface area contributed by atoms with Crippen molar-refractivity contribution in [3.63, 3.8) is 0 Å². The van der Waals surface area contributed by atoms with Crippen LogP contribution in [0.25, 0.3) is 0 Å². The lowest BCUT2D eigenvalue weighted by Gasteiger charge is -2.25. The fourth-order valence-electron chi connectivity index (χ4n) is 2.45. The van der Waals surface area contributed by atoms with Crippen LogP contribution in [0.5, 0.6) is 0 Å². The van der Waals surface area contributed by atoms with Gasteiger partial charge in [-0.3, -0.25) is 0 Å². The van der Waals surface area contributed by atoms with Crippen molar-refractivity contribution >= 4 is 0 Å². The second-order valence-electron chi connectivity index (χ2n) is 4.77. The van der Waals surface area contributed by atoms with Gasteiger partial charge in [0.2, 0.25) is 0 Å². The fraction of sp³-hybridized carbons (Fsp3) is 0.600. The Morgan fingerprint density at radius 2 is 2.06 bits per heavy atom. The molecule has 1 aliphatic rings. The maximum atomic E-state index is 5.48. The zero-order valence-electron chi connectivity index (χ0n) is 10.7. The highest BCUT2D eigenvalue weighted by atomic mass is 16.5. The molecule has 0 saturated heterocycles. The summed E-state index contributed by atoms with van der Waals surface area (Å²) in [4.78, 5) is 0. The molecule has 0 bridgehead atoms. The van der Waals surface area contributed by atoms with Crippen LogP contribution in [-0.2, 0) is 17.6 Å². The largest absolute Gasteiger partial charge is 0.380 e. The van der Waals surface area contributed by atoms with Gasteiger partial charge in [-0.25, -0.2) is 0 Å².